The van der Waals surface area contributed by atoms with Gasteiger partial charge in [0.05, 0.1) is 17.4 Å². The van der Waals surface area contributed by atoms with Crippen molar-refractivity contribution in [2.75, 3.05) is 0 Å². The van der Waals surface area contributed by atoms with Gasteiger partial charge in [0.1, 0.15) is 0 Å². The van der Waals surface area contributed by atoms with E-state index in [0.717, 1.165) is 12.1 Å². The van der Waals surface area contributed by atoms with Crippen molar-refractivity contribution >= 4 is 5.97 Å². The van der Waals surface area contributed by atoms with Crippen molar-refractivity contribution in [3.63, 3.8) is 0 Å². The predicted molar refractivity (Wildman–Crippen MR) is 57.0 cm³/mol. The maximum atomic E-state index is 12.6. The molecule has 0 aliphatic carbocycles. The molecular weight excluding hydrogens is 290 g/mol. The van der Waals surface area contributed by atoms with Crippen molar-refractivity contribution in [3.8, 4) is 0 Å². The quantitative estimate of drug-likeness (QED) is 0.854. The lowest BCUT2D eigenvalue weighted by Crippen LogP contribution is -2.31. The summed E-state index contributed by atoms with van der Waals surface area (Å²) in [4.78, 5) is 10.9. The number of halogens is 6. The van der Waals surface area contributed by atoms with E-state index in [9.17, 15) is 31.1 Å². The van der Waals surface area contributed by atoms with Gasteiger partial charge in [0.15, 0.2) is 0 Å². The number of aliphatic carboxylic acids is 1. The highest BCUT2D eigenvalue weighted by Gasteiger charge is 2.45. The Kier molecular flexibility index (Phi) is 4.36. The van der Waals surface area contributed by atoms with Gasteiger partial charge in [0, 0.05) is 0 Å². The van der Waals surface area contributed by atoms with Crippen LogP contribution in [0.2, 0.25) is 0 Å². The van der Waals surface area contributed by atoms with Crippen LogP contribution in [0.3, 0.4) is 0 Å². The van der Waals surface area contributed by atoms with Gasteiger partial charge in [-0.05, 0) is 17.7 Å². The summed E-state index contributed by atoms with van der Waals surface area (Å²) < 4.78 is 74.7. The summed E-state index contributed by atoms with van der Waals surface area (Å²) in [6, 6.07) is 2.64. The van der Waals surface area contributed by atoms with Crippen molar-refractivity contribution in [3.05, 3.63) is 35.4 Å². The monoisotopic (exact) mass is 300 g/mol. The summed E-state index contributed by atoms with van der Waals surface area (Å²) in [5, 5.41) is 8.87. The van der Waals surface area contributed by atoms with Crippen LogP contribution in [0.25, 0.3) is 0 Å². The highest BCUT2D eigenvalue weighted by molar-refractivity contribution is 5.76. The molecule has 20 heavy (non-hydrogen) atoms. The second kappa shape index (κ2) is 5.34. The average Bonchev–Trinajstić information content (AvgIpc) is 2.26. The van der Waals surface area contributed by atoms with E-state index in [1.807, 2.05) is 0 Å². The summed E-state index contributed by atoms with van der Waals surface area (Å²) >= 11 is 0. The minimum Gasteiger partial charge on any atom is -0.481 e. The molecule has 0 fully saturated rings. The van der Waals surface area contributed by atoms with Gasteiger partial charge in [-0.2, -0.15) is 26.3 Å². The van der Waals surface area contributed by atoms with Crippen LogP contribution in [-0.4, -0.2) is 17.3 Å². The molecule has 0 radical (unpaired) electrons. The first kappa shape index (κ1) is 16.3. The zero-order valence-corrected chi connectivity index (χ0v) is 10.1. The summed E-state index contributed by atoms with van der Waals surface area (Å²) in [6.07, 6.45) is -9.39. The van der Waals surface area contributed by atoms with Crippen molar-refractivity contribution in [2.24, 2.45) is 5.92 Å². The zero-order chi connectivity index (χ0) is 15.7. The predicted octanol–water partition coefficient (Wildman–Crippen LogP) is 4.07. The van der Waals surface area contributed by atoms with Gasteiger partial charge >= 0.3 is 18.3 Å². The first-order valence-corrected chi connectivity index (χ1v) is 5.41. The van der Waals surface area contributed by atoms with Gasteiger partial charge in [-0.3, -0.25) is 4.79 Å². The average molecular weight is 300 g/mol. The van der Waals surface area contributed by atoms with Gasteiger partial charge in [0.25, 0.3) is 0 Å². The lowest BCUT2D eigenvalue weighted by atomic mass is 9.86. The Morgan fingerprint density at radius 2 is 1.50 bits per heavy atom. The van der Waals surface area contributed by atoms with Crippen LogP contribution in [0.5, 0.6) is 0 Å². The number of hydrogen-bond acceptors (Lipinski definition) is 1. The number of carboxylic acid groups (broad SMARTS) is 1. The fourth-order valence-corrected chi connectivity index (χ4v) is 1.71. The van der Waals surface area contributed by atoms with E-state index in [1.165, 1.54) is 0 Å². The van der Waals surface area contributed by atoms with Crippen LogP contribution >= 0.6 is 0 Å². The highest BCUT2D eigenvalue weighted by atomic mass is 19.4. The smallest absolute Gasteiger partial charge is 0.416 e. The van der Waals surface area contributed by atoms with E-state index in [4.69, 9.17) is 5.11 Å². The summed E-state index contributed by atoms with van der Waals surface area (Å²) in [6.45, 7) is 0.677. The van der Waals surface area contributed by atoms with Crippen LogP contribution in [-0.2, 0) is 11.0 Å². The van der Waals surface area contributed by atoms with Crippen molar-refractivity contribution in [2.45, 2.75) is 25.2 Å². The fourth-order valence-electron chi connectivity index (χ4n) is 1.71. The third-order valence-electron chi connectivity index (χ3n) is 2.88. The van der Waals surface area contributed by atoms with Gasteiger partial charge in [-0.1, -0.05) is 19.1 Å². The molecule has 112 valence electrons. The zero-order valence-electron chi connectivity index (χ0n) is 10.1. The second-order valence-corrected chi connectivity index (χ2v) is 4.27. The number of rotatable bonds is 3. The van der Waals surface area contributed by atoms with Crippen molar-refractivity contribution in [1.29, 1.82) is 0 Å². The van der Waals surface area contributed by atoms with Gasteiger partial charge in [0.2, 0.25) is 0 Å². The summed E-state index contributed by atoms with van der Waals surface area (Å²) in [5.74, 6) is -5.90. The molecule has 0 bridgehead atoms. The van der Waals surface area contributed by atoms with E-state index in [-0.39, 0.29) is 5.56 Å². The Morgan fingerprint density at radius 1 is 1.05 bits per heavy atom. The molecule has 8 heteroatoms. The first-order chi connectivity index (χ1) is 8.94. The molecule has 1 rings (SSSR count). The van der Waals surface area contributed by atoms with Crippen molar-refractivity contribution < 1.29 is 36.2 Å². The number of carbonyl (C=O) groups is 1. The topological polar surface area (TPSA) is 37.3 Å². The molecule has 1 aromatic carbocycles. The number of benzene rings is 1. The van der Waals surface area contributed by atoms with E-state index in [2.05, 4.69) is 0 Å². The third kappa shape index (κ3) is 3.64. The Morgan fingerprint density at radius 3 is 1.80 bits per heavy atom. The minimum absolute atomic E-state index is 0.324. The molecule has 0 amide bonds. The number of alkyl halides is 6. The molecule has 0 spiro atoms. The minimum atomic E-state index is -4.76. The Balaban J connectivity index is 3.15. The molecule has 2 nitrogen and oxygen atoms in total. The maximum Gasteiger partial charge on any atom is 0.416 e. The van der Waals surface area contributed by atoms with Crippen LogP contribution < -0.4 is 0 Å². The van der Waals surface area contributed by atoms with Gasteiger partial charge in [-0.15, -0.1) is 0 Å². The molecule has 0 saturated heterocycles. The largest absolute Gasteiger partial charge is 0.481 e. The maximum absolute atomic E-state index is 12.6. The Labute approximate surface area is 110 Å². The van der Waals surface area contributed by atoms with Gasteiger partial charge in [-0.25, -0.2) is 0 Å². The standard InChI is InChI=1S/C12H10F6O2/c1-6(11(13,14)15)9(10(19)20)7-2-4-8(5-3-7)12(16,17)18/h2-6,9H,1H3,(H,19,20). The van der Waals surface area contributed by atoms with E-state index < -0.39 is 35.7 Å². The normalized spacial score (nSPS) is 15.8. The number of carboxylic acids is 1. The van der Waals surface area contributed by atoms with E-state index >= 15 is 0 Å². The Bertz CT molecular complexity index is 474. The Hall–Kier alpha value is -1.73. The molecule has 0 aliphatic rings. The van der Waals surface area contributed by atoms with Crippen LogP contribution in [0.4, 0.5) is 26.3 Å². The molecule has 2 unspecified atom stereocenters. The van der Waals surface area contributed by atoms with E-state index in [0.29, 0.717) is 19.1 Å². The fraction of sp³-hybridized carbons (Fsp3) is 0.417. The lowest BCUT2D eigenvalue weighted by molar-refractivity contribution is -0.183. The molecule has 0 aromatic heterocycles. The summed E-state index contributed by atoms with van der Waals surface area (Å²) in [5.41, 5.74) is -1.37. The molecule has 0 aliphatic heterocycles. The summed E-state index contributed by atoms with van der Waals surface area (Å²) in [7, 11) is 0. The van der Waals surface area contributed by atoms with Crippen LogP contribution in [0.15, 0.2) is 24.3 Å². The lowest BCUT2D eigenvalue weighted by Gasteiger charge is -2.23. The molecular formula is C12H10F6O2. The highest BCUT2D eigenvalue weighted by Crippen LogP contribution is 2.38. The van der Waals surface area contributed by atoms with E-state index in [1.54, 1.807) is 0 Å². The third-order valence-corrected chi connectivity index (χ3v) is 2.88. The molecule has 1 aromatic rings. The molecule has 0 saturated carbocycles. The SMILES string of the molecule is CC(C(C(=O)O)c1ccc(C(F)(F)F)cc1)C(F)(F)F. The molecule has 0 heterocycles. The molecule has 2 atom stereocenters. The second-order valence-electron chi connectivity index (χ2n) is 4.27. The first-order valence-electron chi connectivity index (χ1n) is 5.41. The van der Waals surface area contributed by atoms with Crippen LogP contribution in [0, 0.1) is 5.92 Å². The van der Waals surface area contributed by atoms with Gasteiger partial charge < -0.3 is 5.11 Å². The molecule has 1 N–H and O–H groups in total. The van der Waals surface area contributed by atoms with Crippen LogP contribution in [0.1, 0.15) is 24.0 Å². The van der Waals surface area contributed by atoms with Crippen molar-refractivity contribution in [1.82, 2.24) is 0 Å². The number of hydrogen-bond donors (Lipinski definition) is 1.